The van der Waals surface area contributed by atoms with Gasteiger partial charge in [0, 0.05) is 18.1 Å². The molecule has 2 aromatic rings. The Morgan fingerprint density at radius 3 is 2.53 bits per heavy atom. The molecule has 2 rings (SSSR count). The molecule has 0 spiro atoms. The summed E-state index contributed by atoms with van der Waals surface area (Å²) < 4.78 is 0. The zero-order chi connectivity index (χ0) is 13.8. The van der Waals surface area contributed by atoms with E-state index >= 15 is 0 Å². The van der Waals surface area contributed by atoms with Crippen LogP contribution in [0.5, 0.6) is 0 Å². The fourth-order valence-corrected chi connectivity index (χ4v) is 2.15. The molecule has 0 aliphatic heterocycles. The average Bonchev–Trinajstić information content (AvgIpc) is 2.89. The van der Waals surface area contributed by atoms with Gasteiger partial charge in [0.15, 0.2) is 0 Å². The van der Waals surface area contributed by atoms with Gasteiger partial charge in [-0.05, 0) is 29.0 Å². The number of rotatable bonds is 5. The lowest BCUT2D eigenvalue weighted by Gasteiger charge is -2.17. The molecule has 0 atom stereocenters. The maximum atomic E-state index is 4.23. The van der Waals surface area contributed by atoms with Gasteiger partial charge >= 0.3 is 0 Å². The van der Waals surface area contributed by atoms with Crippen molar-refractivity contribution in [2.24, 2.45) is 0 Å². The summed E-state index contributed by atoms with van der Waals surface area (Å²) in [6.07, 6.45) is 3.63. The van der Waals surface area contributed by atoms with Crippen molar-refractivity contribution >= 4 is 5.69 Å². The van der Waals surface area contributed by atoms with E-state index < -0.39 is 0 Å². The first-order valence-corrected chi connectivity index (χ1v) is 6.94. The van der Waals surface area contributed by atoms with Crippen LogP contribution in [0, 0.1) is 0 Å². The van der Waals surface area contributed by atoms with Crippen LogP contribution in [0.1, 0.15) is 56.5 Å². The van der Waals surface area contributed by atoms with Crippen molar-refractivity contribution in [1.82, 2.24) is 9.97 Å². The Kier molecular flexibility index (Phi) is 4.25. The van der Waals surface area contributed by atoms with Gasteiger partial charge in [-0.25, -0.2) is 4.98 Å². The summed E-state index contributed by atoms with van der Waals surface area (Å²) in [6, 6.07) is 6.72. The molecule has 0 aliphatic rings. The minimum absolute atomic E-state index is 0.512. The SMILES string of the molecule is CC(C)c1ccc(NCc2ncc[nH]2)c(C(C)C)c1. The second kappa shape index (κ2) is 5.91. The van der Waals surface area contributed by atoms with Crippen LogP contribution in [0.25, 0.3) is 0 Å². The Morgan fingerprint density at radius 1 is 1.16 bits per heavy atom. The first-order chi connectivity index (χ1) is 9.08. The van der Waals surface area contributed by atoms with Crippen LogP contribution in [0.2, 0.25) is 0 Å². The summed E-state index contributed by atoms with van der Waals surface area (Å²) in [5.41, 5.74) is 3.97. The van der Waals surface area contributed by atoms with Gasteiger partial charge in [-0.2, -0.15) is 0 Å². The number of benzene rings is 1. The average molecular weight is 257 g/mol. The molecular formula is C16H23N3. The number of imidazole rings is 1. The van der Waals surface area contributed by atoms with Crippen molar-refractivity contribution in [1.29, 1.82) is 0 Å². The van der Waals surface area contributed by atoms with Gasteiger partial charge in [-0.15, -0.1) is 0 Å². The third kappa shape index (κ3) is 3.37. The van der Waals surface area contributed by atoms with Crippen LogP contribution in [0.15, 0.2) is 30.6 Å². The Labute approximate surface area is 115 Å². The molecule has 3 nitrogen and oxygen atoms in total. The fourth-order valence-electron chi connectivity index (χ4n) is 2.15. The molecule has 1 aromatic heterocycles. The second-order valence-electron chi connectivity index (χ2n) is 5.55. The van der Waals surface area contributed by atoms with Crippen molar-refractivity contribution in [2.75, 3.05) is 5.32 Å². The maximum absolute atomic E-state index is 4.23. The summed E-state index contributed by atoms with van der Waals surface area (Å²) in [6.45, 7) is 9.66. The van der Waals surface area contributed by atoms with E-state index in [-0.39, 0.29) is 0 Å². The molecule has 0 aliphatic carbocycles. The van der Waals surface area contributed by atoms with Crippen molar-refractivity contribution in [3.05, 3.63) is 47.5 Å². The van der Waals surface area contributed by atoms with Crippen LogP contribution in [0.4, 0.5) is 5.69 Å². The van der Waals surface area contributed by atoms with Crippen molar-refractivity contribution in [3.63, 3.8) is 0 Å². The predicted octanol–water partition coefficient (Wildman–Crippen LogP) is 4.27. The quantitative estimate of drug-likeness (QED) is 0.839. The smallest absolute Gasteiger partial charge is 0.125 e. The summed E-state index contributed by atoms with van der Waals surface area (Å²) in [5.74, 6) is 2.04. The lowest BCUT2D eigenvalue weighted by Crippen LogP contribution is -2.05. The predicted molar refractivity (Wildman–Crippen MR) is 80.5 cm³/mol. The highest BCUT2D eigenvalue weighted by Gasteiger charge is 2.09. The van der Waals surface area contributed by atoms with E-state index in [1.807, 2.05) is 6.20 Å². The monoisotopic (exact) mass is 257 g/mol. The highest BCUT2D eigenvalue weighted by molar-refractivity contribution is 5.54. The van der Waals surface area contributed by atoms with E-state index in [2.05, 4.69) is 61.2 Å². The van der Waals surface area contributed by atoms with Crippen molar-refractivity contribution in [3.8, 4) is 0 Å². The highest BCUT2D eigenvalue weighted by atomic mass is 15.0. The lowest BCUT2D eigenvalue weighted by molar-refractivity contribution is 0.832. The molecule has 102 valence electrons. The van der Waals surface area contributed by atoms with Crippen LogP contribution in [-0.4, -0.2) is 9.97 Å². The number of hydrogen-bond acceptors (Lipinski definition) is 2. The number of hydrogen-bond donors (Lipinski definition) is 2. The van der Waals surface area contributed by atoms with Gasteiger partial charge in [0.1, 0.15) is 5.82 Å². The molecule has 0 saturated carbocycles. The fraction of sp³-hybridized carbons (Fsp3) is 0.438. The molecule has 2 N–H and O–H groups in total. The summed E-state index contributed by atoms with van der Waals surface area (Å²) >= 11 is 0. The van der Waals surface area contributed by atoms with E-state index in [1.165, 1.54) is 16.8 Å². The van der Waals surface area contributed by atoms with E-state index in [4.69, 9.17) is 0 Å². The number of aromatic nitrogens is 2. The van der Waals surface area contributed by atoms with Gasteiger partial charge in [-0.1, -0.05) is 39.8 Å². The number of aromatic amines is 1. The molecule has 1 aromatic carbocycles. The highest BCUT2D eigenvalue weighted by Crippen LogP contribution is 2.28. The molecule has 0 bridgehead atoms. The van der Waals surface area contributed by atoms with Gasteiger partial charge in [0.2, 0.25) is 0 Å². The lowest BCUT2D eigenvalue weighted by atomic mass is 9.94. The van der Waals surface area contributed by atoms with Crippen LogP contribution in [0.3, 0.4) is 0 Å². The van der Waals surface area contributed by atoms with Crippen LogP contribution < -0.4 is 5.32 Å². The number of nitrogens with zero attached hydrogens (tertiary/aromatic N) is 1. The molecule has 0 saturated heterocycles. The second-order valence-corrected chi connectivity index (χ2v) is 5.55. The van der Waals surface area contributed by atoms with E-state index in [0.29, 0.717) is 11.8 Å². The Morgan fingerprint density at radius 2 is 1.95 bits per heavy atom. The molecule has 1 heterocycles. The summed E-state index contributed by atoms with van der Waals surface area (Å²) in [5, 5.41) is 3.47. The molecule has 3 heteroatoms. The van der Waals surface area contributed by atoms with Gasteiger partial charge in [0.05, 0.1) is 6.54 Å². The van der Waals surface area contributed by atoms with Crippen molar-refractivity contribution in [2.45, 2.75) is 46.1 Å². The molecular weight excluding hydrogens is 234 g/mol. The third-order valence-electron chi connectivity index (χ3n) is 3.37. The first kappa shape index (κ1) is 13.7. The van der Waals surface area contributed by atoms with Crippen molar-refractivity contribution < 1.29 is 0 Å². The minimum atomic E-state index is 0.512. The molecule has 19 heavy (non-hydrogen) atoms. The van der Waals surface area contributed by atoms with E-state index in [0.717, 1.165) is 12.4 Å². The number of anilines is 1. The normalized spacial score (nSPS) is 11.3. The Hall–Kier alpha value is -1.77. The summed E-state index contributed by atoms with van der Waals surface area (Å²) in [4.78, 5) is 7.35. The maximum Gasteiger partial charge on any atom is 0.125 e. The molecule has 0 amide bonds. The molecule has 0 unspecified atom stereocenters. The molecule has 0 radical (unpaired) electrons. The Balaban J connectivity index is 2.19. The van der Waals surface area contributed by atoms with Crippen LogP contribution in [-0.2, 0) is 6.54 Å². The standard InChI is InChI=1S/C16H23N3/c1-11(2)13-5-6-15(14(9-13)12(3)4)19-10-16-17-7-8-18-16/h5-9,11-12,19H,10H2,1-4H3,(H,17,18). The van der Waals surface area contributed by atoms with Crippen LogP contribution >= 0.6 is 0 Å². The zero-order valence-electron chi connectivity index (χ0n) is 12.2. The third-order valence-corrected chi connectivity index (χ3v) is 3.37. The largest absolute Gasteiger partial charge is 0.378 e. The number of H-pyrrole nitrogens is 1. The van der Waals surface area contributed by atoms with E-state index in [1.54, 1.807) is 6.20 Å². The molecule has 0 fully saturated rings. The van der Waals surface area contributed by atoms with E-state index in [9.17, 15) is 0 Å². The van der Waals surface area contributed by atoms with Gasteiger partial charge in [-0.3, -0.25) is 0 Å². The van der Waals surface area contributed by atoms with Gasteiger partial charge < -0.3 is 10.3 Å². The Bertz CT molecular complexity index is 513. The zero-order valence-corrected chi connectivity index (χ0v) is 12.2. The topological polar surface area (TPSA) is 40.7 Å². The minimum Gasteiger partial charge on any atom is -0.378 e. The summed E-state index contributed by atoms with van der Waals surface area (Å²) in [7, 11) is 0. The first-order valence-electron chi connectivity index (χ1n) is 6.94. The van der Waals surface area contributed by atoms with Gasteiger partial charge in [0.25, 0.3) is 0 Å². The number of nitrogens with one attached hydrogen (secondary N) is 2.